The second kappa shape index (κ2) is 5.29. The van der Waals surface area contributed by atoms with Gasteiger partial charge in [0.15, 0.2) is 0 Å². The van der Waals surface area contributed by atoms with Crippen molar-refractivity contribution >= 4 is 5.91 Å². The number of carbonyl (C=O) groups excluding carboxylic acids is 1. The number of aliphatic hydroxyl groups is 1. The maximum absolute atomic E-state index is 13.0. The van der Waals surface area contributed by atoms with E-state index in [1.165, 1.54) is 0 Å². The molecule has 4 nitrogen and oxygen atoms in total. The van der Waals surface area contributed by atoms with Crippen LogP contribution in [0.1, 0.15) is 57.2 Å². The lowest BCUT2D eigenvalue weighted by molar-refractivity contribution is -0.148. The molecule has 2 atom stereocenters. The van der Waals surface area contributed by atoms with Crippen molar-refractivity contribution in [3.05, 3.63) is 29.6 Å². The zero-order valence-corrected chi connectivity index (χ0v) is 14.9. The van der Waals surface area contributed by atoms with Gasteiger partial charge in [-0.3, -0.25) is 9.78 Å². The molecule has 4 heteroatoms. The molecule has 2 N–H and O–H groups in total. The minimum absolute atomic E-state index is 0.0811. The van der Waals surface area contributed by atoms with Crippen molar-refractivity contribution in [1.29, 1.82) is 0 Å². The number of amides is 1. The van der Waals surface area contributed by atoms with E-state index in [1.54, 1.807) is 0 Å². The first-order valence-corrected chi connectivity index (χ1v) is 9.23. The van der Waals surface area contributed by atoms with Gasteiger partial charge in [0.2, 0.25) is 5.91 Å². The summed E-state index contributed by atoms with van der Waals surface area (Å²) in [6.07, 6.45) is 6.83. The Morgan fingerprint density at radius 1 is 1.25 bits per heavy atom. The van der Waals surface area contributed by atoms with E-state index >= 15 is 0 Å². The van der Waals surface area contributed by atoms with Crippen LogP contribution in [0.4, 0.5) is 0 Å². The number of rotatable bonds is 3. The number of pyridine rings is 1. The average Bonchev–Trinajstić information content (AvgIpc) is 2.49. The third-order valence-corrected chi connectivity index (χ3v) is 6.74. The van der Waals surface area contributed by atoms with E-state index < -0.39 is 11.0 Å². The maximum atomic E-state index is 13.0. The molecule has 0 spiro atoms. The van der Waals surface area contributed by atoms with Gasteiger partial charge in [0, 0.05) is 17.9 Å². The Hall–Kier alpha value is -1.42. The largest absolute Gasteiger partial charge is 0.390 e. The van der Waals surface area contributed by atoms with E-state index in [4.69, 9.17) is 0 Å². The first kappa shape index (κ1) is 16.1. The second-order valence-corrected chi connectivity index (χ2v) is 9.01. The van der Waals surface area contributed by atoms with Gasteiger partial charge in [-0.15, -0.1) is 0 Å². The van der Waals surface area contributed by atoms with Crippen LogP contribution in [0, 0.1) is 24.7 Å². The summed E-state index contributed by atoms with van der Waals surface area (Å²) in [5, 5.41) is 14.1. The molecule has 4 aliphatic rings. The molecule has 24 heavy (non-hydrogen) atoms. The van der Waals surface area contributed by atoms with Gasteiger partial charge in [-0.25, -0.2) is 0 Å². The highest BCUT2D eigenvalue weighted by atomic mass is 16.3. The van der Waals surface area contributed by atoms with Crippen molar-refractivity contribution in [2.75, 3.05) is 0 Å². The lowest BCUT2D eigenvalue weighted by Gasteiger charge is -2.58. The van der Waals surface area contributed by atoms with Crippen LogP contribution in [0.3, 0.4) is 0 Å². The molecule has 0 radical (unpaired) electrons. The smallest absolute Gasteiger partial charge is 0.230 e. The van der Waals surface area contributed by atoms with Crippen molar-refractivity contribution in [3.8, 4) is 0 Å². The quantitative estimate of drug-likeness (QED) is 0.897. The first-order chi connectivity index (χ1) is 11.3. The second-order valence-electron chi connectivity index (χ2n) is 9.01. The summed E-state index contributed by atoms with van der Waals surface area (Å²) in [6.45, 7) is 5.90. The Balaban J connectivity index is 1.51. The Morgan fingerprint density at radius 2 is 1.92 bits per heavy atom. The van der Waals surface area contributed by atoms with Crippen LogP contribution < -0.4 is 5.32 Å². The zero-order chi connectivity index (χ0) is 17.1. The van der Waals surface area contributed by atoms with Crippen LogP contribution in [0.5, 0.6) is 0 Å². The molecule has 4 saturated carbocycles. The van der Waals surface area contributed by atoms with Gasteiger partial charge in [-0.2, -0.15) is 0 Å². The van der Waals surface area contributed by atoms with Gasteiger partial charge in [0.05, 0.1) is 11.0 Å². The SMILES string of the molecule is Cc1ccc(C(C)(C)C(=O)NC2C3CC4CC2CC(O)(C4)C3)cn1. The van der Waals surface area contributed by atoms with Crippen LogP contribution in [-0.2, 0) is 10.2 Å². The van der Waals surface area contributed by atoms with Gasteiger partial charge in [-0.1, -0.05) is 6.07 Å². The Bertz CT molecular complexity index is 636. The summed E-state index contributed by atoms with van der Waals surface area (Å²) < 4.78 is 0. The van der Waals surface area contributed by atoms with Gasteiger partial charge >= 0.3 is 0 Å². The Morgan fingerprint density at radius 3 is 2.46 bits per heavy atom. The molecule has 4 fully saturated rings. The van der Waals surface area contributed by atoms with E-state index in [9.17, 15) is 9.90 Å². The van der Waals surface area contributed by atoms with Crippen LogP contribution in [0.15, 0.2) is 18.3 Å². The molecule has 1 aromatic heterocycles. The summed E-state index contributed by atoms with van der Waals surface area (Å²) in [7, 11) is 0. The Kier molecular flexibility index (Phi) is 3.54. The monoisotopic (exact) mass is 328 g/mol. The number of nitrogens with zero attached hydrogens (tertiary/aromatic N) is 1. The van der Waals surface area contributed by atoms with E-state index in [1.807, 2.05) is 39.1 Å². The summed E-state index contributed by atoms with van der Waals surface area (Å²) in [5.74, 6) is 1.63. The minimum Gasteiger partial charge on any atom is -0.390 e. The molecule has 1 amide bonds. The fraction of sp³-hybridized carbons (Fsp3) is 0.700. The molecule has 1 aromatic rings. The molecule has 4 bridgehead atoms. The summed E-state index contributed by atoms with van der Waals surface area (Å²) in [4.78, 5) is 17.4. The number of hydrogen-bond acceptors (Lipinski definition) is 3. The molecule has 4 aliphatic carbocycles. The summed E-state index contributed by atoms with van der Waals surface area (Å²) >= 11 is 0. The van der Waals surface area contributed by atoms with Crippen molar-refractivity contribution < 1.29 is 9.90 Å². The predicted octanol–water partition coefficient (Wildman–Crippen LogP) is 2.72. The number of aromatic nitrogens is 1. The van der Waals surface area contributed by atoms with Gasteiger partial charge < -0.3 is 10.4 Å². The normalized spacial score (nSPS) is 37.5. The molecular formula is C20H28N2O2. The standard InChI is InChI=1S/C20H28N2O2/c1-12-4-5-16(11-21-12)19(2,3)18(23)22-17-14-6-13-7-15(17)10-20(24,8-13)9-14/h4-5,11,13-15,17,24H,6-10H2,1-3H3,(H,22,23). The fourth-order valence-corrected chi connectivity index (χ4v) is 5.52. The van der Waals surface area contributed by atoms with Crippen molar-refractivity contribution in [3.63, 3.8) is 0 Å². The fourth-order valence-electron chi connectivity index (χ4n) is 5.52. The lowest BCUT2D eigenvalue weighted by atomic mass is 9.52. The van der Waals surface area contributed by atoms with E-state index in [-0.39, 0.29) is 11.9 Å². The third-order valence-electron chi connectivity index (χ3n) is 6.74. The number of aryl methyl sites for hydroxylation is 1. The molecule has 0 aromatic carbocycles. The summed E-state index contributed by atoms with van der Waals surface area (Å²) in [5.41, 5.74) is 0.873. The molecule has 0 saturated heterocycles. The van der Waals surface area contributed by atoms with Crippen LogP contribution >= 0.6 is 0 Å². The van der Waals surface area contributed by atoms with Crippen molar-refractivity contribution in [2.24, 2.45) is 17.8 Å². The maximum Gasteiger partial charge on any atom is 0.230 e. The highest BCUT2D eigenvalue weighted by molar-refractivity contribution is 5.87. The highest BCUT2D eigenvalue weighted by Gasteiger charge is 2.55. The highest BCUT2D eigenvalue weighted by Crippen LogP contribution is 2.55. The predicted molar refractivity (Wildman–Crippen MR) is 92.4 cm³/mol. The third kappa shape index (κ3) is 2.55. The molecule has 1 heterocycles. The zero-order valence-electron chi connectivity index (χ0n) is 14.9. The van der Waals surface area contributed by atoms with Crippen LogP contribution in [0.25, 0.3) is 0 Å². The average molecular weight is 328 g/mol. The molecule has 0 aliphatic heterocycles. The van der Waals surface area contributed by atoms with Gasteiger partial charge in [0.25, 0.3) is 0 Å². The van der Waals surface area contributed by atoms with E-state index in [2.05, 4.69) is 10.3 Å². The van der Waals surface area contributed by atoms with Crippen LogP contribution in [0.2, 0.25) is 0 Å². The number of nitrogens with one attached hydrogen (secondary N) is 1. The van der Waals surface area contributed by atoms with Crippen LogP contribution in [-0.4, -0.2) is 27.6 Å². The number of carbonyl (C=O) groups is 1. The van der Waals surface area contributed by atoms with Gasteiger partial charge in [-0.05, 0) is 82.3 Å². The van der Waals surface area contributed by atoms with Crippen molar-refractivity contribution in [1.82, 2.24) is 10.3 Å². The van der Waals surface area contributed by atoms with Gasteiger partial charge in [0.1, 0.15) is 0 Å². The molecular weight excluding hydrogens is 300 g/mol. The lowest BCUT2D eigenvalue weighted by Crippen LogP contribution is -2.62. The molecule has 130 valence electrons. The molecule has 2 unspecified atom stereocenters. The summed E-state index contributed by atoms with van der Waals surface area (Å²) in [6, 6.07) is 4.19. The first-order valence-electron chi connectivity index (χ1n) is 9.23. The minimum atomic E-state index is -0.591. The topological polar surface area (TPSA) is 62.2 Å². The van der Waals surface area contributed by atoms with Crippen molar-refractivity contribution in [2.45, 2.75) is 69.9 Å². The Labute approximate surface area is 144 Å². The van der Waals surface area contributed by atoms with E-state index in [0.717, 1.165) is 43.4 Å². The molecule has 5 rings (SSSR count). The van der Waals surface area contributed by atoms with E-state index in [0.29, 0.717) is 17.8 Å². The number of hydrogen-bond donors (Lipinski definition) is 2.